The summed E-state index contributed by atoms with van der Waals surface area (Å²) in [5, 5.41) is 13.2. The lowest BCUT2D eigenvalue weighted by Crippen LogP contribution is -2.28. The van der Waals surface area contributed by atoms with E-state index in [1.54, 1.807) is 0 Å². The molecule has 0 aromatic heterocycles. The van der Waals surface area contributed by atoms with E-state index in [0.717, 1.165) is 17.0 Å². The van der Waals surface area contributed by atoms with Crippen LogP contribution in [0.1, 0.15) is 25.8 Å². The lowest BCUT2D eigenvalue weighted by Gasteiger charge is -2.09. The number of hydrogen-bond donors (Lipinski definition) is 2. The van der Waals surface area contributed by atoms with Gasteiger partial charge in [-0.15, -0.1) is 5.10 Å². The van der Waals surface area contributed by atoms with Crippen molar-refractivity contribution in [3.8, 4) is 0 Å². The highest BCUT2D eigenvalue weighted by atomic mass is 32.2. The Kier molecular flexibility index (Phi) is 5.32. The fourth-order valence-corrected chi connectivity index (χ4v) is 2.73. The number of aryl methyl sites for hydroxylation is 1. The first-order valence-corrected chi connectivity index (χ1v) is 7.75. The molecule has 22 heavy (non-hydrogen) atoms. The van der Waals surface area contributed by atoms with E-state index in [9.17, 15) is 9.59 Å². The molecule has 1 fully saturated rings. The molecule has 1 saturated heterocycles. The van der Waals surface area contributed by atoms with Gasteiger partial charge in [-0.25, -0.2) is 0 Å². The number of para-hydroxylation sites is 1. The molecule has 1 heterocycles. The number of benzene rings is 1. The zero-order valence-electron chi connectivity index (χ0n) is 12.7. The molecule has 1 aromatic rings. The average Bonchev–Trinajstić information content (AvgIpc) is 2.79. The van der Waals surface area contributed by atoms with Crippen LogP contribution in [0.2, 0.25) is 0 Å². The fourth-order valence-electron chi connectivity index (χ4n) is 1.81. The number of nitrogens with one attached hydrogen (secondary N) is 2. The molecule has 2 amide bonds. The van der Waals surface area contributed by atoms with Crippen LogP contribution >= 0.6 is 11.8 Å². The first-order chi connectivity index (χ1) is 10.5. The molecule has 1 unspecified atom stereocenters. The Labute approximate surface area is 133 Å². The molecular formula is C15H18N4O2S. The van der Waals surface area contributed by atoms with Gasteiger partial charge in [-0.05, 0) is 32.4 Å². The van der Waals surface area contributed by atoms with Crippen molar-refractivity contribution in [1.29, 1.82) is 0 Å². The summed E-state index contributed by atoms with van der Waals surface area (Å²) in [7, 11) is 0. The first kappa shape index (κ1) is 16.2. The van der Waals surface area contributed by atoms with Crippen molar-refractivity contribution in [2.75, 3.05) is 5.32 Å². The van der Waals surface area contributed by atoms with Gasteiger partial charge in [0.05, 0.1) is 0 Å². The third-order valence-electron chi connectivity index (χ3n) is 2.91. The average molecular weight is 318 g/mol. The Hall–Kier alpha value is -2.15. The molecule has 116 valence electrons. The van der Waals surface area contributed by atoms with Crippen molar-refractivity contribution < 1.29 is 9.59 Å². The van der Waals surface area contributed by atoms with Gasteiger partial charge in [-0.1, -0.05) is 30.0 Å². The number of thioether (sulfide) groups is 1. The molecule has 0 radical (unpaired) electrons. The monoisotopic (exact) mass is 318 g/mol. The SMILES string of the molecule is CC(C)=NN=C1NC(=O)C(CC(=O)Nc2ccccc2C)S1. The van der Waals surface area contributed by atoms with E-state index in [-0.39, 0.29) is 18.2 Å². The second-order valence-electron chi connectivity index (χ2n) is 5.12. The van der Waals surface area contributed by atoms with E-state index in [2.05, 4.69) is 20.8 Å². The molecule has 1 aromatic carbocycles. The number of carbonyl (C=O) groups is 2. The van der Waals surface area contributed by atoms with Crippen LogP contribution in [0.25, 0.3) is 0 Å². The van der Waals surface area contributed by atoms with Crippen LogP contribution < -0.4 is 10.6 Å². The number of anilines is 1. The maximum atomic E-state index is 12.1. The molecule has 6 nitrogen and oxygen atoms in total. The second kappa shape index (κ2) is 7.22. The number of amidine groups is 1. The van der Waals surface area contributed by atoms with Crippen LogP contribution in [0, 0.1) is 6.92 Å². The molecule has 2 N–H and O–H groups in total. The molecule has 1 aliphatic heterocycles. The topological polar surface area (TPSA) is 82.9 Å². The van der Waals surface area contributed by atoms with Gasteiger partial charge in [0.2, 0.25) is 11.8 Å². The van der Waals surface area contributed by atoms with Crippen molar-refractivity contribution >= 4 is 40.1 Å². The minimum Gasteiger partial charge on any atom is -0.326 e. The quantitative estimate of drug-likeness (QED) is 0.660. The molecular weight excluding hydrogens is 300 g/mol. The Morgan fingerprint density at radius 1 is 1.36 bits per heavy atom. The van der Waals surface area contributed by atoms with Gasteiger partial charge in [-0.2, -0.15) is 5.10 Å². The van der Waals surface area contributed by atoms with Crippen molar-refractivity contribution in [2.45, 2.75) is 32.4 Å². The summed E-state index contributed by atoms with van der Waals surface area (Å²) < 4.78 is 0. The van der Waals surface area contributed by atoms with Crippen LogP contribution in [0.15, 0.2) is 34.5 Å². The van der Waals surface area contributed by atoms with Gasteiger partial charge in [-0.3, -0.25) is 9.59 Å². The zero-order chi connectivity index (χ0) is 16.1. The predicted octanol–water partition coefficient (Wildman–Crippen LogP) is 2.31. The number of rotatable bonds is 4. The lowest BCUT2D eigenvalue weighted by molar-refractivity contribution is -0.122. The van der Waals surface area contributed by atoms with E-state index in [0.29, 0.717) is 5.17 Å². The van der Waals surface area contributed by atoms with E-state index in [4.69, 9.17) is 0 Å². The summed E-state index contributed by atoms with van der Waals surface area (Å²) in [6.07, 6.45) is 0.0959. The van der Waals surface area contributed by atoms with E-state index in [1.807, 2.05) is 45.0 Å². The number of carbonyl (C=O) groups excluding carboxylic acids is 2. The Balaban J connectivity index is 1.95. The van der Waals surface area contributed by atoms with Crippen molar-refractivity contribution in [3.05, 3.63) is 29.8 Å². The van der Waals surface area contributed by atoms with E-state index < -0.39 is 5.25 Å². The van der Waals surface area contributed by atoms with Crippen LogP contribution in [0.3, 0.4) is 0 Å². The minimum atomic E-state index is -0.477. The zero-order valence-corrected chi connectivity index (χ0v) is 13.5. The highest BCUT2D eigenvalue weighted by molar-refractivity contribution is 8.15. The minimum absolute atomic E-state index is 0.0959. The standard InChI is InChI=1S/C15H18N4O2S/c1-9(2)18-19-15-17-14(21)12(22-15)8-13(20)16-11-7-5-4-6-10(11)3/h4-7,12H,8H2,1-3H3,(H,16,20)(H,17,19,21). The van der Waals surface area contributed by atoms with Crippen molar-refractivity contribution in [2.24, 2.45) is 10.2 Å². The molecule has 1 aliphatic rings. The Morgan fingerprint density at radius 2 is 2.09 bits per heavy atom. The van der Waals surface area contributed by atoms with E-state index >= 15 is 0 Å². The van der Waals surface area contributed by atoms with Crippen molar-refractivity contribution in [3.63, 3.8) is 0 Å². The van der Waals surface area contributed by atoms with Crippen LogP contribution in [-0.4, -0.2) is 27.9 Å². The highest BCUT2D eigenvalue weighted by Crippen LogP contribution is 2.23. The third kappa shape index (κ3) is 4.42. The second-order valence-corrected chi connectivity index (χ2v) is 6.31. The normalized spacial score (nSPS) is 19.0. The van der Waals surface area contributed by atoms with Crippen molar-refractivity contribution in [1.82, 2.24) is 5.32 Å². The molecule has 1 atom stereocenters. The summed E-state index contributed by atoms with van der Waals surface area (Å²) >= 11 is 1.23. The third-order valence-corrected chi connectivity index (χ3v) is 3.98. The number of hydrogen-bond acceptors (Lipinski definition) is 5. The van der Waals surface area contributed by atoms with Gasteiger partial charge in [0.1, 0.15) is 5.25 Å². The highest BCUT2D eigenvalue weighted by Gasteiger charge is 2.32. The summed E-state index contributed by atoms with van der Waals surface area (Å²) in [6.45, 7) is 5.56. The van der Waals surface area contributed by atoms with Gasteiger partial charge < -0.3 is 10.6 Å². The maximum absolute atomic E-state index is 12.1. The Morgan fingerprint density at radius 3 is 2.77 bits per heavy atom. The summed E-state index contributed by atoms with van der Waals surface area (Å²) in [6, 6.07) is 7.52. The molecule has 2 rings (SSSR count). The number of nitrogens with zero attached hydrogens (tertiary/aromatic N) is 2. The van der Waals surface area contributed by atoms with E-state index in [1.165, 1.54) is 11.8 Å². The first-order valence-electron chi connectivity index (χ1n) is 6.87. The molecule has 0 bridgehead atoms. The largest absolute Gasteiger partial charge is 0.326 e. The molecule has 0 aliphatic carbocycles. The summed E-state index contributed by atoms with van der Waals surface area (Å²) in [4.78, 5) is 23.9. The Bertz CT molecular complexity index is 651. The molecule has 7 heteroatoms. The van der Waals surface area contributed by atoms with Gasteiger partial charge >= 0.3 is 0 Å². The predicted molar refractivity (Wildman–Crippen MR) is 90.2 cm³/mol. The van der Waals surface area contributed by atoms with Gasteiger partial charge in [0, 0.05) is 17.8 Å². The van der Waals surface area contributed by atoms with Crippen LogP contribution in [-0.2, 0) is 9.59 Å². The van der Waals surface area contributed by atoms with Gasteiger partial charge in [0.25, 0.3) is 0 Å². The summed E-state index contributed by atoms with van der Waals surface area (Å²) in [5.74, 6) is -0.411. The molecule has 0 saturated carbocycles. The lowest BCUT2D eigenvalue weighted by atomic mass is 10.2. The fraction of sp³-hybridized carbons (Fsp3) is 0.333. The maximum Gasteiger partial charge on any atom is 0.240 e. The smallest absolute Gasteiger partial charge is 0.240 e. The van der Waals surface area contributed by atoms with Gasteiger partial charge in [0.15, 0.2) is 5.17 Å². The van der Waals surface area contributed by atoms with Crippen LogP contribution in [0.4, 0.5) is 5.69 Å². The van der Waals surface area contributed by atoms with Crippen LogP contribution in [0.5, 0.6) is 0 Å². The molecule has 0 spiro atoms. The summed E-state index contributed by atoms with van der Waals surface area (Å²) in [5.41, 5.74) is 2.54. The number of amides is 2.